The molecule has 0 saturated heterocycles. The Hall–Kier alpha value is -1.61. The maximum absolute atomic E-state index is 4.61. The Morgan fingerprint density at radius 1 is 1.24 bits per heavy atom. The van der Waals surface area contributed by atoms with Gasteiger partial charge in [0.15, 0.2) is 0 Å². The van der Waals surface area contributed by atoms with Gasteiger partial charge in [0.05, 0.1) is 18.1 Å². The summed E-state index contributed by atoms with van der Waals surface area (Å²) in [5.41, 5.74) is 6.85. The molecule has 0 spiro atoms. The van der Waals surface area contributed by atoms with E-state index in [-0.39, 0.29) is 0 Å². The average Bonchev–Trinajstić information content (AvgIpc) is 2.89. The smallest absolute Gasteiger partial charge is 0.0952 e. The highest BCUT2D eigenvalue weighted by Gasteiger charge is 2.18. The summed E-state index contributed by atoms with van der Waals surface area (Å²) in [5.74, 6) is 0. The molecule has 0 saturated carbocycles. The molecular formula is C18H25N3. The number of hydrogen-bond acceptors (Lipinski definition) is 2. The van der Waals surface area contributed by atoms with E-state index in [1.807, 2.05) is 13.4 Å². The molecule has 1 unspecified atom stereocenters. The number of hydrogen-bond donors (Lipinski definition) is 1. The van der Waals surface area contributed by atoms with Gasteiger partial charge in [-0.3, -0.25) is 0 Å². The minimum Gasteiger partial charge on any atom is -0.332 e. The first-order valence-corrected chi connectivity index (χ1v) is 7.96. The van der Waals surface area contributed by atoms with E-state index in [9.17, 15) is 0 Å². The van der Waals surface area contributed by atoms with Crippen LogP contribution in [0, 0.1) is 13.8 Å². The largest absolute Gasteiger partial charge is 0.332 e. The van der Waals surface area contributed by atoms with E-state index in [0.717, 1.165) is 13.0 Å². The third-order valence-electron chi connectivity index (χ3n) is 4.64. The Kier molecular flexibility index (Phi) is 4.11. The minimum atomic E-state index is 0.339. The predicted octanol–water partition coefficient (Wildman–Crippen LogP) is 3.34. The van der Waals surface area contributed by atoms with Crippen molar-refractivity contribution in [3.63, 3.8) is 0 Å². The molecule has 2 aromatic rings. The van der Waals surface area contributed by atoms with Crippen LogP contribution in [0.2, 0.25) is 0 Å². The molecule has 0 aliphatic heterocycles. The van der Waals surface area contributed by atoms with Crippen molar-refractivity contribution in [1.29, 1.82) is 0 Å². The van der Waals surface area contributed by atoms with Crippen molar-refractivity contribution in [3.8, 4) is 0 Å². The Morgan fingerprint density at radius 2 is 2.05 bits per heavy atom. The number of aromatic nitrogens is 2. The van der Waals surface area contributed by atoms with Gasteiger partial charge in [0.25, 0.3) is 0 Å². The topological polar surface area (TPSA) is 29.9 Å². The fourth-order valence-electron chi connectivity index (χ4n) is 3.45. The lowest BCUT2D eigenvalue weighted by Gasteiger charge is -2.22. The number of nitrogens with one attached hydrogen (secondary N) is 1. The maximum Gasteiger partial charge on any atom is 0.0952 e. The normalized spacial score (nSPS) is 15.8. The molecule has 3 nitrogen and oxygen atoms in total. The average molecular weight is 283 g/mol. The highest BCUT2D eigenvalue weighted by atomic mass is 15.1. The van der Waals surface area contributed by atoms with Crippen molar-refractivity contribution < 1.29 is 0 Å². The molecule has 1 N–H and O–H groups in total. The zero-order chi connectivity index (χ0) is 14.8. The summed E-state index contributed by atoms with van der Waals surface area (Å²) in [5, 5.41) is 3.48. The van der Waals surface area contributed by atoms with Crippen LogP contribution >= 0.6 is 0 Å². The van der Waals surface area contributed by atoms with Crippen LogP contribution < -0.4 is 5.32 Å². The molecule has 1 aliphatic rings. The van der Waals surface area contributed by atoms with Gasteiger partial charge in [-0.2, -0.15) is 0 Å². The summed E-state index contributed by atoms with van der Waals surface area (Å²) >= 11 is 0. The van der Waals surface area contributed by atoms with Crippen LogP contribution in [0.15, 0.2) is 24.5 Å². The van der Waals surface area contributed by atoms with Crippen LogP contribution in [0.4, 0.5) is 0 Å². The molecule has 0 amide bonds. The van der Waals surface area contributed by atoms with Crippen LogP contribution in [0.25, 0.3) is 0 Å². The monoisotopic (exact) mass is 283 g/mol. The number of fused-ring (bicyclic) bond motifs is 1. The van der Waals surface area contributed by atoms with Crippen molar-refractivity contribution in [3.05, 3.63) is 52.6 Å². The van der Waals surface area contributed by atoms with Crippen molar-refractivity contribution in [2.45, 2.75) is 52.1 Å². The lowest BCUT2D eigenvalue weighted by molar-refractivity contribution is 0.481. The third kappa shape index (κ3) is 2.88. The Bertz CT molecular complexity index is 627. The van der Waals surface area contributed by atoms with Crippen molar-refractivity contribution in [2.24, 2.45) is 0 Å². The molecule has 1 atom stereocenters. The summed E-state index contributed by atoms with van der Waals surface area (Å²) in [6.07, 6.45) is 6.95. The van der Waals surface area contributed by atoms with Gasteiger partial charge < -0.3 is 9.88 Å². The number of aryl methyl sites for hydroxylation is 3. The molecule has 0 radical (unpaired) electrons. The van der Waals surface area contributed by atoms with Crippen LogP contribution in [0.1, 0.15) is 47.0 Å². The standard InChI is InChI=1S/C18H25N3/c1-13-8-9-15(14(2)10-13)17(19-3)11-21-12-20-16-6-4-5-7-18(16)21/h8-10,12,17,19H,4-7,11H2,1-3H3. The van der Waals surface area contributed by atoms with Crippen molar-refractivity contribution >= 4 is 0 Å². The van der Waals surface area contributed by atoms with Gasteiger partial charge in [0, 0.05) is 12.2 Å². The number of benzene rings is 1. The van der Waals surface area contributed by atoms with Crippen molar-refractivity contribution in [2.75, 3.05) is 7.05 Å². The fraction of sp³-hybridized carbons (Fsp3) is 0.500. The number of nitrogens with zero attached hydrogens (tertiary/aromatic N) is 2. The number of rotatable bonds is 4. The molecule has 112 valence electrons. The van der Waals surface area contributed by atoms with E-state index in [1.165, 1.54) is 47.3 Å². The first-order valence-electron chi connectivity index (χ1n) is 7.96. The molecule has 3 rings (SSSR count). The van der Waals surface area contributed by atoms with E-state index < -0.39 is 0 Å². The van der Waals surface area contributed by atoms with Gasteiger partial charge in [-0.25, -0.2) is 4.98 Å². The van der Waals surface area contributed by atoms with Gasteiger partial charge in [-0.15, -0.1) is 0 Å². The second kappa shape index (κ2) is 6.02. The van der Waals surface area contributed by atoms with Crippen LogP contribution in [0.3, 0.4) is 0 Å². The van der Waals surface area contributed by atoms with Gasteiger partial charge >= 0.3 is 0 Å². The zero-order valence-electron chi connectivity index (χ0n) is 13.3. The second-order valence-corrected chi connectivity index (χ2v) is 6.20. The molecule has 21 heavy (non-hydrogen) atoms. The van der Waals surface area contributed by atoms with E-state index >= 15 is 0 Å². The Balaban J connectivity index is 1.86. The molecule has 1 aromatic heterocycles. The molecular weight excluding hydrogens is 258 g/mol. The highest BCUT2D eigenvalue weighted by molar-refractivity contribution is 5.33. The molecule has 0 bridgehead atoms. The summed E-state index contributed by atoms with van der Waals surface area (Å²) in [6.45, 7) is 5.32. The first-order chi connectivity index (χ1) is 10.2. The highest BCUT2D eigenvalue weighted by Crippen LogP contribution is 2.24. The van der Waals surface area contributed by atoms with E-state index in [0.29, 0.717) is 6.04 Å². The number of likely N-dealkylation sites (N-methyl/N-ethyl adjacent to an activating group) is 1. The van der Waals surface area contributed by atoms with E-state index in [2.05, 4.69) is 46.9 Å². The lowest BCUT2D eigenvalue weighted by Crippen LogP contribution is -2.24. The summed E-state index contributed by atoms with van der Waals surface area (Å²) in [7, 11) is 2.05. The second-order valence-electron chi connectivity index (χ2n) is 6.20. The quantitative estimate of drug-likeness (QED) is 0.932. The molecule has 1 aromatic carbocycles. The van der Waals surface area contributed by atoms with Crippen molar-refractivity contribution in [1.82, 2.24) is 14.9 Å². The summed E-state index contributed by atoms with van der Waals surface area (Å²) in [4.78, 5) is 4.61. The Labute approximate surface area is 127 Å². The predicted molar refractivity (Wildman–Crippen MR) is 86.6 cm³/mol. The lowest BCUT2D eigenvalue weighted by atomic mass is 9.98. The van der Waals surface area contributed by atoms with Gasteiger partial charge in [0.2, 0.25) is 0 Å². The van der Waals surface area contributed by atoms with Crippen LogP contribution in [0.5, 0.6) is 0 Å². The summed E-state index contributed by atoms with van der Waals surface area (Å²) in [6, 6.07) is 7.07. The number of imidazole rings is 1. The van der Waals surface area contributed by atoms with Crippen LogP contribution in [-0.4, -0.2) is 16.6 Å². The molecule has 1 heterocycles. The third-order valence-corrected chi connectivity index (χ3v) is 4.64. The van der Waals surface area contributed by atoms with Crippen LogP contribution in [-0.2, 0) is 19.4 Å². The van der Waals surface area contributed by atoms with E-state index in [1.54, 1.807) is 0 Å². The fourth-order valence-corrected chi connectivity index (χ4v) is 3.45. The van der Waals surface area contributed by atoms with Gasteiger partial charge in [0.1, 0.15) is 0 Å². The Morgan fingerprint density at radius 3 is 2.81 bits per heavy atom. The molecule has 0 fully saturated rings. The first kappa shape index (κ1) is 14.3. The zero-order valence-corrected chi connectivity index (χ0v) is 13.3. The maximum atomic E-state index is 4.61. The minimum absolute atomic E-state index is 0.339. The van der Waals surface area contributed by atoms with Gasteiger partial charge in [-0.1, -0.05) is 23.8 Å². The molecule has 3 heteroatoms. The summed E-state index contributed by atoms with van der Waals surface area (Å²) < 4.78 is 2.36. The molecule has 1 aliphatic carbocycles. The van der Waals surface area contributed by atoms with E-state index in [4.69, 9.17) is 0 Å². The van der Waals surface area contributed by atoms with Gasteiger partial charge in [-0.05, 0) is 57.7 Å². The SMILES string of the molecule is CNC(Cn1cnc2c1CCCC2)c1ccc(C)cc1C.